The Morgan fingerprint density at radius 1 is 0.962 bits per heavy atom. The maximum atomic E-state index is 12.4. The summed E-state index contributed by atoms with van der Waals surface area (Å²) in [5, 5.41) is 5.41. The molecule has 0 radical (unpaired) electrons. The number of rotatable bonds is 7. The van der Waals surface area contributed by atoms with Crippen molar-refractivity contribution in [1.82, 2.24) is 5.32 Å². The summed E-state index contributed by atoms with van der Waals surface area (Å²) in [5.74, 6) is -1.43. The maximum Gasteiger partial charge on any atom is 0.330 e. The second kappa shape index (κ2) is 9.78. The molecule has 0 aliphatic carbocycles. The zero-order valence-electron chi connectivity index (χ0n) is 14.4. The molecule has 26 heavy (non-hydrogen) atoms. The average molecular weight is 352 g/mol. The van der Waals surface area contributed by atoms with Crippen molar-refractivity contribution in [2.45, 2.75) is 13.5 Å². The number of amides is 2. The van der Waals surface area contributed by atoms with Crippen LogP contribution in [0.1, 0.15) is 22.8 Å². The highest BCUT2D eigenvalue weighted by atomic mass is 16.5. The van der Waals surface area contributed by atoms with E-state index in [9.17, 15) is 14.4 Å². The van der Waals surface area contributed by atoms with E-state index in [1.807, 2.05) is 30.3 Å². The van der Waals surface area contributed by atoms with Gasteiger partial charge in [0, 0.05) is 18.7 Å². The van der Waals surface area contributed by atoms with Crippen LogP contribution in [0.4, 0.5) is 5.69 Å². The van der Waals surface area contributed by atoms with Gasteiger partial charge in [-0.15, -0.1) is 0 Å². The van der Waals surface area contributed by atoms with Crippen molar-refractivity contribution in [3.8, 4) is 0 Å². The molecule has 0 aromatic heterocycles. The van der Waals surface area contributed by atoms with Crippen LogP contribution >= 0.6 is 0 Å². The first-order valence-corrected chi connectivity index (χ1v) is 8.17. The number of esters is 1. The highest BCUT2D eigenvalue weighted by Crippen LogP contribution is 2.15. The third-order valence-electron chi connectivity index (χ3n) is 3.38. The molecule has 2 N–H and O–H groups in total. The van der Waals surface area contributed by atoms with Gasteiger partial charge in [0.15, 0.2) is 0 Å². The normalized spacial score (nSPS) is 10.3. The lowest BCUT2D eigenvalue weighted by Crippen LogP contribution is -2.24. The van der Waals surface area contributed by atoms with Crippen LogP contribution in [0.15, 0.2) is 66.7 Å². The third-order valence-corrected chi connectivity index (χ3v) is 3.38. The summed E-state index contributed by atoms with van der Waals surface area (Å²) in [6.45, 7) is 2.29. The van der Waals surface area contributed by atoms with E-state index in [0.29, 0.717) is 17.8 Å². The lowest BCUT2D eigenvalue weighted by Gasteiger charge is -2.10. The van der Waals surface area contributed by atoms with Crippen molar-refractivity contribution >= 4 is 23.5 Å². The first kappa shape index (κ1) is 18.9. The number of hydrogen-bond donors (Lipinski definition) is 2. The van der Waals surface area contributed by atoms with Crippen LogP contribution in [-0.4, -0.2) is 24.4 Å². The molecule has 6 heteroatoms. The maximum absolute atomic E-state index is 12.4. The largest absolute Gasteiger partial charge is 0.463 e. The van der Waals surface area contributed by atoms with Crippen LogP contribution in [0, 0.1) is 0 Å². The number of nitrogens with one attached hydrogen (secondary N) is 2. The standard InChI is InChI=1S/C20H20N2O4/c1-2-26-19(24)13-12-18(23)22-17-11-7-6-10-16(17)20(25)21-14-15-8-4-3-5-9-15/h3-13H,2,14H2,1H3,(H,21,25)(H,22,23)/b13-12+. The molecule has 0 saturated carbocycles. The summed E-state index contributed by atoms with van der Waals surface area (Å²) in [6.07, 6.45) is 2.10. The number of anilines is 1. The monoisotopic (exact) mass is 352 g/mol. The molecule has 0 atom stereocenters. The third kappa shape index (κ3) is 5.90. The molecule has 6 nitrogen and oxygen atoms in total. The van der Waals surface area contributed by atoms with Crippen LogP contribution in [0.2, 0.25) is 0 Å². The Bertz CT molecular complexity index is 800. The number of hydrogen-bond acceptors (Lipinski definition) is 4. The van der Waals surface area contributed by atoms with Crippen molar-refractivity contribution in [3.63, 3.8) is 0 Å². The summed E-state index contributed by atoms with van der Waals surface area (Å²) >= 11 is 0. The Balaban J connectivity index is 2.01. The van der Waals surface area contributed by atoms with E-state index in [-0.39, 0.29) is 12.5 Å². The summed E-state index contributed by atoms with van der Waals surface area (Å²) in [4.78, 5) is 35.6. The summed E-state index contributed by atoms with van der Waals surface area (Å²) in [6, 6.07) is 16.2. The molecule has 0 bridgehead atoms. The molecule has 0 saturated heterocycles. The molecule has 2 rings (SSSR count). The van der Waals surface area contributed by atoms with Crippen LogP contribution in [0.5, 0.6) is 0 Å². The number of para-hydroxylation sites is 1. The van der Waals surface area contributed by atoms with Gasteiger partial charge in [-0.05, 0) is 24.6 Å². The minimum atomic E-state index is -0.600. The number of carbonyl (C=O) groups excluding carboxylic acids is 3. The molecule has 0 unspecified atom stereocenters. The van der Waals surface area contributed by atoms with Crippen molar-refractivity contribution in [3.05, 3.63) is 77.9 Å². The van der Waals surface area contributed by atoms with E-state index in [1.165, 1.54) is 0 Å². The van der Waals surface area contributed by atoms with Gasteiger partial charge in [-0.3, -0.25) is 9.59 Å². The van der Waals surface area contributed by atoms with E-state index in [2.05, 4.69) is 10.6 Å². The number of ether oxygens (including phenoxy) is 1. The molecule has 0 aliphatic heterocycles. The highest BCUT2D eigenvalue weighted by molar-refractivity contribution is 6.07. The molecular formula is C20H20N2O4. The van der Waals surface area contributed by atoms with Crippen molar-refractivity contribution in [2.75, 3.05) is 11.9 Å². The van der Waals surface area contributed by atoms with Crippen LogP contribution in [0.25, 0.3) is 0 Å². The second-order valence-electron chi connectivity index (χ2n) is 5.29. The van der Waals surface area contributed by atoms with Gasteiger partial charge in [-0.2, -0.15) is 0 Å². The first-order chi connectivity index (χ1) is 12.6. The van der Waals surface area contributed by atoms with Crippen molar-refractivity contribution < 1.29 is 19.1 Å². The van der Waals surface area contributed by atoms with E-state index < -0.39 is 11.9 Å². The zero-order valence-corrected chi connectivity index (χ0v) is 14.4. The minimum Gasteiger partial charge on any atom is -0.463 e. The predicted molar refractivity (Wildman–Crippen MR) is 98.5 cm³/mol. The summed E-state index contributed by atoms with van der Waals surface area (Å²) < 4.78 is 4.71. The molecule has 2 aromatic rings. The number of benzene rings is 2. The van der Waals surface area contributed by atoms with E-state index in [4.69, 9.17) is 4.74 Å². The van der Waals surface area contributed by atoms with E-state index in [0.717, 1.165) is 17.7 Å². The van der Waals surface area contributed by atoms with Crippen molar-refractivity contribution in [2.24, 2.45) is 0 Å². The fourth-order valence-electron chi connectivity index (χ4n) is 2.17. The van der Waals surface area contributed by atoms with E-state index >= 15 is 0 Å². The molecule has 134 valence electrons. The first-order valence-electron chi connectivity index (χ1n) is 8.17. The smallest absolute Gasteiger partial charge is 0.330 e. The quantitative estimate of drug-likeness (QED) is 0.593. The summed E-state index contributed by atoms with van der Waals surface area (Å²) in [5.41, 5.74) is 1.66. The fraction of sp³-hybridized carbons (Fsp3) is 0.150. The Kier molecular flexibility index (Phi) is 7.12. The lowest BCUT2D eigenvalue weighted by molar-refractivity contribution is -0.137. The number of carbonyl (C=O) groups is 3. The van der Waals surface area contributed by atoms with Gasteiger partial charge in [0.25, 0.3) is 5.91 Å². The molecule has 0 spiro atoms. The molecule has 0 aliphatic rings. The van der Waals surface area contributed by atoms with Gasteiger partial charge in [0.2, 0.25) is 5.91 Å². The average Bonchev–Trinajstić information content (AvgIpc) is 2.66. The zero-order chi connectivity index (χ0) is 18.8. The van der Waals surface area contributed by atoms with E-state index in [1.54, 1.807) is 31.2 Å². The Hall–Kier alpha value is -3.41. The van der Waals surface area contributed by atoms with Crippen LogP contribution in [0.3, 0.4) is 0 Å². The molecule has 2 aromatic carbocycles. The summed E-state index contributed by atoms with van der Waals surface area (Å²) in [7, 11) is 0. The minimum absolute atomic E-state index is 0.231. The Morgan fingerprint density at radius 3 is 2.38 bits per heavy atom. The molecular weight excluding hydrogens is 332 g/mol. The topological polar surface area (TPSA) is 84.5 Å². The van der Waals surface area contributed by atoms with Gasteiger partial charge in [-0.1, -0.05) is 42.5 Å². The van der Waals surface area contributed by atoms with Gasteiger partial charge in [0.05, 0.1) is 17.9 Å². The molecule has 0 heterocycles. The predicted octanol–water partition coefficient (Wildman–Crippen LogP) is 2.67. The molecule has 2 amide bonds. The van der Waals surface area contributed by atoms with Gasteiger partial charge in [-0.25, -0.2) is 4.79 Å². The van der Waals surface area contributed by atoms with Crippen LogP contribution in [-0.2, 0) is 20.9 Å². The Labute approximate surface area is 151 Å². The fourth-order valence-corrected chi connectivity index (χ4v) is 2.17. The molecule has 0 fully saturated rings. The Morgan fingerprint density at radius 2 is 1.65 bits per heavy atom. The van der Waals surface area contributed by atoms with Crippen molar-refractivity contribution in [1.29, 1.82) is 0 Å². The van der Waals surface area contributed by atoms with Crippen LogP contribution < -0.4 is 10.6 Å². The second-order valence-corrected chi connectivity index (χ2v) is 5.29. The highest BCUT2D eigenvalue weighted by Gasteiger charge is 2.12. The van der Waals surface area contributed by atoms with Gasteiger partial charge in [0.1, 0.15) is 0 Å². The van der Waals surface area contributed by atoms with Gasteiger partial charge < -0.3 is 15.4 Å². The SMILES string of the molecule is CCOC(=O)/C=C/C(=O)Nc1ccccc1C(=O)NCc1ccccc1. The lowest BCUT2D eigenvalue weighted by atomic mass is 10.1. The van der Waals surface area contributed by atoms with Gasteiger partial charge >= 0.3 is 5.97 Å².